The number of nitro groups is 1. The molecule has 0 aliphatic carbocycles. The van der Waals surface area contributed by atoms with Crippen LogP contribution in [0.3, 0.4) is 0 Å². The molecule has 0 bridgehead atoms. The number of alkyl halides is 3. The van der Waals surface area contributed by atoms with Crippen molar-refractivity contribution in [3.63, 3.8) is 0 Å². The van der Waals surface area contributed by atoms with Crippen LogP contribution in [0.5, 0.6) is 0 Å². The lowest BCUT2D eigenvalue weighted by Gasteiger charge is -2.09. The Labute approximate surface area is 176 Å². The highest BCUT2D eigenvalue weighted by Gasteiger charge is 2.30. The van der Waals surface area contributed by atoms with Crippen molar-refractivity contribution in [3.8, 4) is 11.4 Å². The van der Waals surface area contributed by atoms with E-state index in [1.165, 1.54) is 30.3 Å². The van der Waals surface area contributed by atoms with E-state index in [2.05, 4.69) is 9.97 Å². The van der Waals surface area contributed by atoms with Gasteiger partial charge in [-0.3, -0.25) is 14.9 Å². The van der Waals surface area contributed by atoms with E-state index in [1.54, 1.807) is 24.3 Å². The summed E-state index contributed by atoms with van der Waals surface area (Å²) in [5, 5.41) is 12.0. The van der Waals surface area contributed by atoms with E-state index < -0.39 is 16.7 Å². The van der Waals surface area contributed by atoms with E-state index in [4.69, 9.17) is 0 Å². The second-order valence-electron chi connectivity index (χ2n) is 6.50. The topological polar surface area (TPSA) is 88.9 Å². The van der Waals surface area contributed by atoms with Gasteiger partial charge in [-0.2, -0.15) is 13.2 Å². The number of nitrogens with zero attached hydrogens (tertiary/aromatic N) is 2. The zero-order valence-electron chi connectivity index (χ0n) is 15.5. The fourth-order valence-electron chi connectivity index (χ4n) is 2.98. The van der Waals surface area contributed by atoms with E-state index in [9.17, 15) is 28.1 Å². The molecule has 1 aromatic heterocycles. The summed E-state index contributed by atoms with van der Waals surface area (Å²) in [4.78, 5) is 30.6. The Bertz CT molecular complexity index is 1370. The molecule has 10 heteroatoms. The first-order valence-electron chi connectivity index (χ1n) is 8.85. The van der Waals surface area contributed by atoms with Gasteiger partial charge in [-0.1, -0.05) is 30.0 Å². The standard InChI is InChI=1S/C21H12F3N3O3S/c22-21(23,24)13-4-3-5-14(11-13)31-18-9-8-12(10-17(18)27(29)30)19-25-16-7-2-1-6-15(16)20(28)26-19/h1-11H,(H,25,26,28). The molecule has 0 spiro atoms. The Kier molecular flexibility index (Phi) is 5.24. The van der Waals surface area contributed by atoms with Gasteiger partial charge in [0, 0.05) is 16.5 Å². The van der Waals surface area contributed by atoms with Gasteiger partial charge in [0.05, 0.1) is 26.3 Å². The quantitative estimate of drug-likeness (QED) is 0.324. The number of nitrogens with one attached hydrogen (secondary N) is 1. The van der Waals surface area contributed by atoms with Crippen LogP contribution in [-0.2, 0) is 6.18 Å². The summed E-state index contributed by atoms with van der Waals surface area (Å²) < 4.78 is 38.8. The second-order valence-corrected chi connectivity index (χ2v) is 7.61. The fraction of sp³-hybridized carbons (Fsp3) is 0.0476. The molecule has 0 amide bonds. The Morgan fingerprint density at radius 3 is 2.52 bits per heavy atom. The third-order valence-corrected chi connectivity index (χ3v) is 5.49. The molecular weight excluding hydrogens is 431 g/mol. The maximum absolute atomic E-state index is 12.9. The number of fused-ring (bicyclic) bond motifs is 1. The fourth-order valence-corrected chi connectivity index (χ4v) is 3.94. The van der Waals surface area contributed by atoms with Crippen molar-refractivity contribution in [2.24, 2.45) is 0 Å². The smallest absolute Gasteiger partial charge is 0.306 e. The molecule has 0 saturated carbocycles. The molecule has 1 N–H and O–H groups in total. The van der Waals surface area contributed by atoms with Gasteiger partial charge in [-0.15, -0.1) is 0 Å². The molecule has 0 radical (unpaired) electrons. The van der Waals surface area contributed by atoms with E-state index in [1.807, 2.05) is 0 Å². The van der Waals surface area contributed by atoms with Crippen LogP contribution in [0, 0.1) is 10.1 Å². The number of aromatic nitrogens is 2. The minimum absolute atomic E-state index is 0.155. The number of aromatic amines is 1. The number of hydrogen-bond acceptors (Lipinski definition) is 5. The van der Waals surface area contributed by atoms with Crippen molar-refractivity contribution in [2.75, 3.05) is 0 Å². The summed E-state index contributed by atoms with van der Waals surface area (Å²) >= 11 is 0.848. The van der Waals surface area contributed by atoms with E-state index >= 15 is 0 Å². The first kappa shape index (κ1) is 20.6. The lowest BCUT2D eigenvalue weighted by molar-refractivity contribution is -0.387. The minimum atomic E-state index is -4.51. The zero-order chi connectivity index (χ0) is 22.2. The number of benzene rings is 3. The van der Waals surface area contributed by atoms with Gasteiger partial charge in [0.15, 0.2) is 0 Å². The lowest BCUT2D eigenvalue weighted by atomic mass is 10.1. The molecule has 0 aliphatic heterocycles. The predicted molar refractivity (Wildman–Crippen MR) is 110 cm³/mol. The van der Waals surface area contributed by atoms with Crippen molar-refractivity contribution in [2.45, 2.75) is 16.0 Å². The summed E-state index contributed by atoms with van der Waals surface area (Å²) in [6.07, 6.45) is -4.51. The molecule has 4 rings (SSSR count). The first-order chi connectivity index (χ1) is 14.7. The first-order valence-corrected chi connectivity index (χ1v) is 9.67. The molecule has 0 saturated heterocycles. The highest BCUT2D eigenvalue weighted by atomic mass is 32.2. The van der Waals surface area contributed by atoms with Crippen LogP contribution in [0.1, 0.15) is 5.56 Å². The third kappa shape index (κ3) is 4.29. The Morgan fingerprint density at radius 1 is 1.00 bits per heavy atom. The molecule has 1 heterocycles. The van der Waals surface area contributed by atoms with Gasteiger partial charge in [-0.05, 0) is 42.5 Å². The Hall–Kier alpha value is -3.66. The maximum atomic E-state index is 12.9. The Balaban J connectivity index is 1.75. The van der Waals surface area contributed by atoms with Crippen LogP contribution >= 0.6 is 11.8 Å². The molecule has 0 atom stereocenters. The van der Waals surface area contributed by atoms with E-state index in [0.717, 1.165) is 23.9 Å². The molecule has 31 heavy (non-hydrogen) atoms. The highest BCUT2D eigenvalue weighted by Crippen LogP contribution is 2.39. The van der Waals surface area contributed by atoms with Crippen LogP contribution in [0.2, 0.25) is 0 Å². The van der Waals surface area contributed by atoms with Gasteiger partial charge in [0.1, 0.15) is 5.82 Å². The number of H-pyrrole nitrogens is 1. The largest absolute Gasteiger partial charge is 0.416 e. The predicted octanol–water partition coefficient (Wildman–Crippen LogP) is 5.67. The van der Waals surface area contributed by atoms with Crippen LogP contribution in [0.4, 0.5) is 18.9 Å². The van der Waals surface area contributed by atoms with Crippen LogP contribution in [0.15, 0.2) is 81.3 Å². The summed E-state index contributed by atoms with van der Waals surface area (Å²) in [6, 6.07) is 15.4. The normalized spacial score (nSPS) is 11.6. The summed E-state index contributed by atoms with van der Waals surface area (Å²) in [5.74, 6) is 0.155. The molecular formula is C21H12F3N3O3S. The van der Waals surface area contributed by atoms with Gasteiger partial charge in [0.2, 0.25) is 0 Å². The molecule has 0 aliphatic rings. The van der Waals surface area contributed by atoms with Crippen molar-refractivity contribution in [3.05, 3.63) is 92.8 Å². The number of hydrogen-bond donors (Lipinski definition) is 1. The van der Waals surface area contributed by atoms with Gasteiger partial charge in [-0.25, -0.2) is 4.98 Å². The van der Waals surface area contributed by atoms with Crippen LogP contribution in [-0.4, -0.2) is 14.9 Å². The highest BCUT2D eigenvalue weighted by molar-refractivity contribution is 7.99. The van der Waals surface area contributed by atoms with Crippen molar-refractivity contribution < 1.29 is 18.1 Å². The number of halogens is 3. The zero-order valence-corrected chi connectivity index (χ0v) is 16.3. The molecule has 4 aromatic rings. The van der Waals surface area contributed by atoms with Gasteiger partial charge >= 0.3 is 6.18 Å². The van der Waals surface area contributed by atoms with Gasteiger partial charge in [0.25, 0.3) is 11.2 Å². The van der Waals surface area contributed by atoms with Crippen molar-refractivity contribution in [1.82, 2.24) is 9.97 Å². The molecule has 0 fully saturated rings. The molecule has 156 valence electrons. The van der Waals surface area contributed by atoms with E-state index in [-0.39, 0.29) is 26.9 Å². The third-order valence-electron chi connectivity index (χ3n) is 4.43. The summed E-state index contributed by atoms with van der Waals surface area (Å²) in [5.41, 5.74) is -0.787. The molecule has 3 aromatic carbocycles. The van der Waals surface area contributed by atoms with E-state index in [0.29, 0.717) is 16.5 Å². The maximum Gasteiger partial charge on any atom is 0.416 e. The summed E-state index contributed by atoms with van der Waals surface area (Å²) in [6.45, 7) is 0. The number of rotatable bonds is 4. The Morgan fingerprint density at radius 2 is 1.77 bits per heavy atom. The average Bonchev–Trinajstić information content (AvgIpc) is 2.73. The van der Waals surface area contributed by atoms with Crippen LogP contribution in [0.25, 0.3) is 22.3 Å². The number of para-hydroxylation sites is 1. The van der Waals surface area contributed by atoms with Gasteiger partial charge < -0.3 is 4.98 Å². The lowest BCUT2D eigenvalue weighted by Crippen LogP contribution is -2.09. The minimum Gasteiger partial charge on any atom is -0.306 e. The van der Waals surface area contributed by atoms with Crippen LogP contribution < -0.4 is 5.56 Å². The van der Waals surface area contributed by atoms with Crippen molar-refractivity contribution >= 4 is 28.4 Å². The monoisotopic (exact) mass is 443 g/mol. The second kappa shape index (κ2) is 7.88. The molecule has 6 nitrogen and oxygen atoms in total. The number of nitro benzene ring substituents is 1. The van der Waals surface area contributed by atoms with Crippen molar-refractivity contribution in [1.29, 1.82) is 0 Å². The summed E-state index contributed by atoms with van der Waals surface area (Å²) in [7, 11) is 0. The average molecular weight is 443 g/mol. The SMILES string of the molecule is O=c1[nH]c(-c2ccc(Sc3cccc(C(F)(F)F)c3)c([N+](=O)[O-])c2)nc2ccccc12. The molecule has 0 unspecified atom stereocenters.